The van der Waals surface area contributed by atoms with E-state index in [-0.39, 0.29) is 153 Å². The lowest BCUT2D eigenvalue weighted by molar-refractivity contribution is -0.136. The van der Waals surface area contributed by atoms with Gasteiger partial charge >= 0.3 is 0 Å². The van der Waals surface area contributed by atoms with Crippen molar-refractivity contribution in [1.29, 1.82) is 0 Å². The molecule has 0 aromatic heterocycles. The maximum atomic E-state index is 14.6. The molecule has 9 atom stereocenters. The second-order valence-corrected chi connectivity index (χ2v) is 20.9. The summed E-state index contributed by atoms with van der Waals surface area (Å²) in [5, 5.41) is 32.2. The second-order valence-electron chi connectivity index (χ2n) is 20.9. The Hall–Kier alpha value is -9.11. The van der Waals surface area contributed by atoms with Gasteiger partial charge in [0.25, 0.3) is 0 Å². The van der Waals surface area contributed by atoms with E-state index in [2.05, 4.69) is 72.9 Å². The molecule has 39 heteroatoms. The molecule has 0 saturated heterocycles. The molecule has 0 fully saturated rings. The predicted octanol–water partition coefficient (Wildman–Crippen LogP) is -10.8. The van der Waals surface area contributed by atoms with Gasteiger partial charge in [-0.15, -0.1) is 0 Å². The summed E-state index contributed by atoms with van der Waals surface area (Å²) in [4.78, 5) is 156. The van der Waals surface area contributed by atoms with Crippen molar-refractivity contribution >= 4 is 88.9 Å². The molecule has 90 heavy (non-hydrogen) atoms. The molecule has 0 radical (unpaired) electrons. The van der Waals surface area contributed by atoms with E-state index in [0.29, 0.717) is 25.7 Å². The Morgan fingerprint density at radius 3 is 0.933 bits per heavy atom. The van der Waals surface area contributed by atoms with Crippen LogP contribution in [0.5, 0.6) is 0 Å². The van der Waals surface area contributed by atoms with Gasteiger partial charge in [-0.3, -0.25) is 78.3 Å². The fraction of sp³-hybridized carbons (Fsp3) is 0.706. The molecule has 0 bridgehead atoms. The van der Waals surface area contributed by atoms with E-state index in [1.54, 1.807) is 0 Å². The number of aliphatic imine (C=N–C) groups is 5. The number of hydrazine groups is 1. The summed E-state index contributed by atoms with van der Waals surface area (Å²) in [5.41, 5.74) is 74.5. The highest BCUT2D eigenvalue weighted by Gasteiger charge is 2.35. The first kappa shape index (κ1) is 80.9. The SMILES string of the molecule is CC(=O)NN(CCCN=C(N)N)CC(=O)N[C@@H](C)C(=O)N[C@@H](CCCN=C(N)N)C(=O)N[C@@H](CCCN=C(N)N)C(=O)N[C@@H](CCCN=C(N)N)C(=O)N[C@@H](CCCCN)C(=O)N[C@@H](CCCCN)C(=O)N[C@@H](CCCN=C(N)N)C(=O)N[C@H](C(N)=O)[C@@H](C)O. The topological polar surface area (TPSA) is 702 Å². The molecule has 512 valence electrons. The molecule has 0 aliphatic rings. The summed E-state index contributed by atoms with van der Waals surface area (Å²) in [5.74, 6) is -9.55. The van der Waals surface area contributed by atoms with Crippen LogP contribution in [-0.4, -0.2) is 212 Å². The molecule has 0 aromatic carbocycles. The summed E-state index contributed by atoms with van der Waals surface area (Å²) in [6.07, 6.45) is 0.135. The summed E-state index contributed by atoms with van der Waals surface area (Å²) in [6.45, 7) is 4.16. The first-order valence-corrected chi connectivity index (χ1v) is 29.5. The van der Waals surface area contributed by atoms with Gasteiger partial charge in [0.1, 0.15) is 48.3 Å². The van der Waals surface area contributed by atoms with E-state index in [1.165, 1.54) is 25.8 Å². The summed E-state index contributed by atoms with van der Waals surface area (Å²) in [7, 11) is 0. The van der Waals surface area contributed by atoms with Gasteiger partial charge in [-0.2, -0.15) is 0 Å². The Labute approximate surface area is 523 Å². The van der Waals surface area contributed by atoms with E-state index < -0.39 is 120 Å². The number of nitrogens with one attached hydrogen (secondary N) is 9. The number of nitrogens with zero attached hydrogens (tertiary/aromatic N) is 6. The van der Waals surface area contributed by atoms with Gasteiger partial charge in [-0.1, -0.05) is 0 Å². The van der Waals surface area contributed by atoms with Crippen molar-refractivity contribution in [2.45, 2.75) is 172 Å². The molecule has 0 saturated carbocycles. The second kappa shape index (κ2) is 46.1. The molecule has 39 nitrogen and oxygen atoms in total. The minimum Gasteiger partial charge on any atom is -0.391 e. The van der Waals surface area contributed by atoms with Gasteiger partial charge in [-0.05, 0) is 123 Å². The smallest absolute Gasteiger partial charge is 0.243 e. The highest BCUT2D eigenvalue weighted by Crippen LogP contribution is 2.11. The van der Waals surface area contributed by atoms with Gasteiger partial charge in [0.05, 0.1) is 12.6 Å². The third-order valence-corrected chi connectivity index (χ3v) is 12.9. The highest BCUT2D eigenvalue weighted by atomic mass is 16.3. The zero-order valence-electron chi connectivity index (χ0n) is 51.9. The maximum Gasteiger partial charge on any atom is 0.243 e. The van der Waals surface area contributed by atoms with Crippen molar-refractivity contribution in [2.24, 2.45) is 99.5 Å². The van der Waals surface area contributed by atoms with Gasteiger partial charge in [0.15, 0.2) is 29.8 Å². The standard InChI is InChI=1S/C51H102N28O11/c1-28(70-37(82)27-79(78-30(3)81)26-12-25-69-51(63)64)40(84)71-33(15-8-21-65-47(55)56)43(87)74-35(17-10-23-67-49(59)60)45(89)75-34(16-9-22-66-48(57)58)44(88)73-31(13-4-6-19-52)41(85)72-32(14-5-7-20-53)42(86)76-36(18-11-24-68-50(61)62)46(90)77-38(29(2)80)39(54)83/h28-29,31-36,38,80H,4-27,52-53H2,1-3H3,(H2,54,83)(H,70,82)(H,71,84)(H,72,85)(H,73,88)(H,74,87)(H,75,89)(H,76,86)(H,77,90)(H,78,81)(H4,55,56,65)(H4,57,58,66)(H4,59,60,67)(H4,61,62,68)(H4,63,64,69)/t28-,29+,31-,32-,33-,34-,35-,36-,38-/m0/s1. The summed E-state index contributed by atoms with van der Waals surface area (Å²) in [6, 6.07) is -11.3. The van der Waals surface area contributed by atoms with Crippen LogP contribution < -0.4 is 122 Å². The third kappa shape index (κ3) is 38.2. The van der Waals surface area contributed by atoms with Crippen LogP contribution in [0.1, 0.15) is 117 Å². The van der Waals surface area contributed by atoms with Crippen molar-refractivity contribution < 1.29 is 53.1 Å². The number of unbranched alkanes of at least 4 members (excludes halogenated alkanes) is 2. The van der Waals surface area contributed by atoms with Crippen LogP contribution >= 0.6 is 0 Å². The molecule has 0 unspecified atom stereocenters. The number of carbonyl (C=O) groups is 10. The molecule has 0 spiro atoms. The van der Waals surface area contributed by atoms with Crippen molar-refractivity contribution in [3.63, 3.8) is 0 Å². The molecular formula is C51H102N28O11. The molecule has 0 heterocycles. The fourth-order valence-corrected chi connectivity index (χ4v) is 8.35. The minimum absolute atomic E-state index is 0.0104. The normalized spacial score (nSPS) is 13.8. The number of primary amides is 1. The summed E-state index contributed by atoms with van der Waals surface area (Å²) < 4.78 is 0. The first-order chi connectivity index (χ1) is 42.4. The van der Waals surface area contributed by atoms with E-state index >= 15 is 0 Å². The molecule has 0 aliphatic heterocycles. The molecule has 10 amide bonds. The third-order valence-electron chi connectivity index (χ3n) is 12.9. The lowest BCUT2D eigenvalue weighted by Crippen LogP contribution is -2.60. The van der Waals surface area contributed by atoms with E-state index in [9.17, 15) is 53.1 Å². The van der Waals surface area contributed by atoms with Crippen molar-refractivity contribution in [3.8, 4) is 0 Å². The number of hydrogen-bond donors (Lipinski definition) is 23. The number of rotatable bonds is 48. The average Bonchev–Trinajstić information content (AvgIpc) is 3.21. The van der Waals surface area contributed by atoms with E-state index in [4.69, 9.17) is 74.5 Å². The van der Waals surface area contributed by atoms with Crippen LogP contribution in [-0.2, 0) is 47.9 Å². The van der Waals surface area contributed by atoms with Gasteiger partial charge in [0, 0.05) is 46.2 Å². The quantitative estimate of drug-likeness (QED) is 0.0116. The zero-order valence-corrected chi connectivity index (χ0v) is 51.9. The number of aliphatic hydroxyl groups is 1. The molecule has 0 aliphatic carbocycles. The molecular weight excluding hydrogens is 1180 g/mol. The fourth-order valence-electron chi connectivity index (χ4n) is 8.35. The summed E-state index contributed by atoms with van der Waals surface area (Å²) >= 11 is 0. The monoisotopic (exact) mass is 1280 g/mol. The number of carbonyl (C=O) groups excluding carboxylic acids is 10. The van der Waals surface area contributed by atoms with Crippen LogP contribution in [0.2, 0.25) is 0 Å². The number of guanidine groups is 5. The van der Waals surface area contributed by atoms with E-state index in [1.807, 2.05) is 0 Å². The Balaban J connectivity index is 7.24. The average molecular weight is 1280 g/mol. The number of nitrogens with two attached hydrogens (primary N) is 13. The molecule has 0 aromatic rings. The Morgan fingerprint density at radius 1 is 0.389 bits per heavy atom. The van der Waals surface area contributed by atoms with Crippen LogP contribution in [0.15, 0.2) is 25.0 Å². The Bertz CT molecular complexity index is 2430. The van der Waals surface area contributed by atoms with Crippen LogP contribution in [0.25, 0.3) is 0 Å². The molecule has 0 rings (SSSR count). The number of hydrogen-bond acceptors (Lipinski definition) is 19. The lowest BCUT2D eigenvalue weighted by Gasteiger charge is -2.28. The first-order valence-electron chi connectivity index (χ1n) is 29.5. The van der Waals surface area contributed by atoms with E-state index in [0.717, 1.165) is 0 Å². The van der Waals surface area contributed by atoms with Crippen molar-refractivity contribution in [2.75, 3.05) is 58.9 Å². The Kier molecular flexibility index (Phi) is 41.4. The lowest BCUT2D eigenvalue weighted by atomic mass is 10.0. The highest BCUT2D eigenvalue weighted by molar-refractivity contribution is 5.98. The number of amides is 10. The largest absolute Gasteiger partial charge is 0.391 e. The van der Waals surface area contributed by atoms with Gasteiger partial charge in [0.2, 0.25) is 59.1 Å². The molecule has 36 N–H and O–H groups in total. The van der Waals surface area contributed by atoms with Crippen LogP contribution in [0, 0.1) is 0 Å². The van der Waals surface area contributed by atoms with Crippen molar-refractivity contribution in [1.82, 2.24) is 53.0 Å². The maximum absolute atomic E-state index is 14.6. The van der Waals surface area contributed by atoms with Gasteiger partial charge in [-0.25, -0.2) is 5.01 Å². The van der Waals surface area contributed by atoms with Crippen molar-refractivity contribution in [3.05, 3.63) is 0 Å². The minimum atomic E-state index is -1.54. The predicted molar refractivity (Wildman–Crippen MR) is 338 cm³/mol. The van der Waals surface area contributed by atoms with Crippen LogP contribution in [0.4, 0.5) is 0 Å². The Morgan fingerprint density at radius 2 is 0.667 bits per heavy atom. The number of aliphatic hydroxyl groups excluding tert-OH is 1. The van der Waals surface area contributed by atoms with Crippen LogP contribution in [0.3, 0.4) is 0 Å². The zero-order chi connectivity index (χ0) is 68.3. The van der Waals surface area contributed by atoms with Gasteiger partial charge < -0.3 is 122 Å².